The van der Waals surface area contributed by atoms with E-state index in [2.05, 4.69) is 5.32 Å². The number of ether oxygens (including phenoxy) is 3. The third kappa shape index (κ3) is 6.35. The number of nitrogens with zero attached hydrogens (tertiary/aromatic N) is 2. The molecule has 2 aromatic rings. The summed E-state index contributed by atoms with van der Waals surface area (Å²) in [4.78, 5) is 12.7. The first-order valence-electron chi connectivity index (χ1n) is 10.3. The van der Waals surface area contributed by atoms with E-state index < -0.39 is 32.5 Å². The van der Waals surface area contributed by atoms with Crippen molar-refractivity contribution >= 4 is 48.9 Å². The molecular weight excluding hydrogens is 522 g/mol. The van der Waals surface area contributed by atoms with Crippen molar-refractivity contribution in [2.45, 2.75) is 4.90 Å². The number of hydrogen-bond acceptors (Lipinski definition) is 8. The van der Waals surface area contributed by atoms with Crippen LogP contribution in [0.3, 0.4) is 0 Å². The quantitative estimate of drug-likeness (QED) is 0.502. The van der Waals surface area contributed by atoms with Crippen LogP contribution in [0.15, 0.2) is 41.3 Å². The van der Waals surface area contributed by atoms with Crippen molar-refractivity contribution in [1.82, 2.24) is 4.31 Å². The summed E-state index contributed by atoms with van der Waals surface area (Å²) in [6, 6.07) is 8.47. The van der Waals surface area contributed by atoms with E-state index in [0.717, 1.165) is 10.6 Å². The van der Waals surface area contributed by atoms with E-state index in [1.54, 1.807) is 0 Å². The van der Waals surface area contributed by atoms with Gasteiger partial charge in [-0.3, -0.25) is 9.10 Å². The van der Waals surface area contributed by atoms with Crippen molar-refractivity contribution in [2.75, 3.05) is 62.9 Å². The second kappa shape index (κ2) is 11.0. The Kier molecular flexibility index (Phi) is 8.49. The van der Waals surface area contributed by atoms with Crippen LogP contribution in [0.4, 0.5) is 11.4 Å². The number of carbonyl (C=O) groups is 1. The number of halogens is 1. The Morgan fingerprint density at radius 2 is 1.69 bits per heavy atom. The van der Waals surface area contributed by atoms with Gasteiger partial charge in [-0.05, 0) is 36.4 Å². The lowest BCUT2D eigenvalue weighted by Gasteiger charge is -2.27. The van der Waals surface area contributed by atoms with Gasteiger partial charge in [-0.25, -0.2) is 16.8 Å². The zero-order valence-electron chi connectivity index (χ0n) is 19.4. The molecule has 0 atom stereocenters. The molecule has 0 radical (unpaired) electrons. The van der Waals surface area contributed by atoms with Gasteiger partial charge in [-0.15, -0.1) is 0 Å². The molecule has 1 heterocycles. The first-order chi connectivity index (χ1) is 16.5. The van der Waals surface area contributed by atoms with E-state index >= 15 is 0 Å². The molecule has 0 saturated carbocycles. The van der Waals surface area contributed by atoms with Crippen molar-refractivity contribution in [1.29, 1.82) is 0 Å². The Bertz CT molecular complexity index is 1300. The van der Waals surface area contributed by atoms with E-state index in [1.807, 2.05) is 0 Å². The molecule has 1 saturated heterocycles. The summed E-state index contributed by atoms with van der Waals surface area (Å²) in [5, 5.41) is 2.73. The number of nitrogens with one attached hydrogen (secondary N) is 1. The van der Waals surface area contributed by atoms with E-state index in [9.17, 15) is 21.6 Å². The minimum absolute atomic E-state index is 0.111. The zero-order chi connectivity index (χ0) is 25.8. The highest BCUT2D eigenvalue weighted by atomic mass is 35.5. The second-order valence-electron chi connectivity index (χ2n) is 7.52. The molecule has 0 bridgehead atoms. The molecule has 14 heteroatoms. The van der Waals surface area contributed by atoms with Crippen molar-refractivity contribution in [3.63, 3.8) is 0 Å². The third-order valence-corrected chi connectivity index (χ3v) is 8.50. The predicted molar refractivity (Wildman–Crippen MR) is 131 cm³/mol. The van der Waals surface area contributed by atoms with Crippen LogP contribution < -0.4 is 19.1 Å². The number of methoxy groups -OCH3 is 2. The summed E-state index contributed by atoms with van der Waals surface area (Å²) < 4.78 is 68.8. The van der Waals surface area contributed by atoms with E-state index in [4.69, 9.17) is 25.8 Å². The molecule has 0 aliphatic carbocycles. The van der Waals surface area contributed by atoms with Crippen LogP contribution in [-0.4, -0.2) is 80.4 Å². The summed E-state index contributed by atoms with van der Waals surface area (Å²) in [5.41, 5.74) is 0.322. The van der Waals surface area contributed by atoms with Crippen LogP contribution in [0, 0.1) is 0 Å². The van der Waals surface area contributed by atoms with Gasteiger partial charge in [0.25, 0.3) is 0 Å². The van der Waals surface area contributed by atoms with Gasteiger partial charge in [-0.2, -0.15) is 4.31 Å². The molecule has 0 aromatic heterocycles. The number of amides is 1. The lowest BCUT2D eigenvalue weighted by Crippen LogP contribution is -2.40. The topological polar surface area (TPSA) is 132 Å². The Morgan fingerprint density at radius 1 is 1.06 bits per heavy atom. The second-order valence-corrected chi connectivity index (χ2v) is 11.7. The van der Waals surface area contributed by atoms with Gasteiger partial charge >= 0.3 is 0 Å². The fourth-order valence-electron chi connectivity index (χ4n) is 3.42. The SMILES string of the molecule is COc1ccc(N(CC(=O)Nc2ccc(OC)c(S(=O)(=O)N3CCOCC3)c2)S(C)(=O)=O)cc1Cl. The Balaban J connectivity index is 1.86. The number of hydrogen-bond donors (Lipinski definition) is 1. The molecule has 192 valence electrons. The van der Waals surface area contributed by atoms with Crippen LogP contribution in [0.1, 0.15) is 0 Å². The first kappa shape index (κ1) is 27.0. The van der Waals surface area contributed by atoms with Crippen molar-refractivity contribution < 1.29 is 35.8 Å². The molecule has 3 rings (SSSR count). The van der Waals surface area contributed by atoms with Crippen molar-refractivity contribution in [2.24, 2.45) is 0 Å². The maximum atomic E-state index is 13.2. The highest BCUT2D eigenvalue weighted by Gasteiger charge is 2.30. The number of benzene rings is 2. The summed E-state index contributed by atoms with van der Waals surface area (Å²) in [5.74, 6) is -0.233. The van der Waals surface area contributed by atoms with Gasteiger partial charge in [0, 0.05) is 18.8 Å². The van der Waals surface area contributed by atoms with Crippen LogP contribution in [0.25, 0.3) is 0 Å². The smallest absolute Gasteiger partial charge is 0.246 e. The lowest BCUT2D eigenvalue weighted by atomic mass is 10.3. The Labute approximate surface area is 209 Å². The summed E-state index contributed by atoms with van der Waals surface area (Å²) in [6.07, 6.45) is 0.957. The Morgan fingerprint density at radius 3 is 2.26 bits per heavy atom. The molecule has 1 amide bonds. The van der Waals surface area contributed by atoms with Crippen LogP contribution in [0.2, 0.25) is 5.02 Å². The maximum Gasteiger partial charge on any atom is 0.246 e. The van der Waals surface area contributed by atoms with Crippen LogP contribution in [-0.2, 0) is 29.6 Å². The molecule has 35 heavy (non-hydrogen) atoms. The predicted octanol–water partition coefficient (Wildman–Crippen LogP) is 1.78. The number of carbonyl (C=O) groups excluding carboxylic acids is 1. The largest absolute Gasteiger partial charge is 0.495 e. The number of rotatable bonds is 9. The van der Waals surface area contributed by atoms with Gasteiger partial charge < -0.3 is 19.5 Å². The monoisotopic (exact) mass is 547 g/mol. The standard InChI is InChI=1S/C21H26ClN3O8S2/c1-31-18-7-5-16(13-17(18)22)25(34(3,27)28)14-21(26)23-15-4-6-19(32-2)20(12-15)35(29,30)24-8-10-33-11-9-24/h4-7,12-13H,8-11,14H2,1-3H3,(H,23,26). The number of anilines is 2. The van der Waals surface area contributed by atoms with Crippen molar-refractivity contribution in [3.8, 4) is 11.5 Å². The fraction of sp³-hybridized carbons (Fsp3) is 0.381. The molecule has 1 N–H and O–H groups in total. The number of sulfonamides is 2. The van der Waals surface area contributed by atoms with Gasteiger partial charge in [0.15, 0.2) is 0 Å². The van der Waals surface area contributed by atoms with Crippen LogP contribution in [0.5, 0.6) is 11.5 Å². The maximum absolute atomic E-state index is 13.2. The summed E-state index contributed by atoms with van der Waals surface area (Å²) in [7, 11) is -5.01. The minimum Gasteiger partial charge on any atom is -0.495 e. The lowest BCUT2D eigenvalue weighted by molar-refractivity contribution is -0.114. The zero-order valence-corrected chi connectivity index (χ0v) is 21.7. The van der Waals surface area contributed by atoms with E-state index in [0.29, 0.717) is 5.75 Å². The fourth-order valence-corrected chi connectivity index (χ4v) is 6.11. The minimum atomic E-state index is -3.92. The summed E-state index contributed by atoms with van der Waals surface area (Å²) in [6.45, 7) is 0.355. The molecule has 1 aliphatic heterocycles. The molecular formula is C21H26ClN3O8S2. The highest BCUT2D eigenvalue weighted by Crippen LogP contribution is 2.32. The third-order valence-electron chi connectivity index (χ3n) is 5.15. The Hall–Kier alpha value is -2.58. The highest BCUT2D eigenvalue weighted by molar-refractivity contribution is 7.92. The molecule has 11 nitrogen and oxygen atoms in total. The molecule has 1 aliphatic rings. The van der Waals surface area contributed by atoms with E-state index in [1.165, 1.54) is 54.9 Å². The molecule has 0 unspecified atom stereocenters. The molecule has 0 spiro atoms. The molecule has 2 aromatic carbocycles. The average Bonchev–Trinajstić information content (AvgIpc) is 2.82. The van der Waals surface area contributed by atoms with Gasteiger partial charge in [-0.1, -0.05) is 11.6 Å². The molecule has 1 fully saturated rings. The van der Waals surface area contributed by atoms with E-state index in [-0.39, 0.29) is 53.3 Å². The average molecular weight is 548 g/mol. The van der Waals surface area contributed by atoms with Crippen molar-refractivity contribution in [3.05, 3.63) is 41.4 Å². The number of morpholine rings is 1. The normalized spacial score (nSPS) is 14.9. The van der Waals surface area contributed by atoms with Gasteiger partial charge in [0.05, 0.1) is 44.4 Å². The van der Waals surface area contributed by atoms with Crippen LogP contribution >= 0.6 is 11.6 Å². The van der Waals surface area contributed by atoms with Gasteiger partial charge in [0.1, 0.15) is 22.9 Å². The first-order valence-corrected chi connectivity index (χ1v) is 14.0. The summed E-state index contributed by atoms with van der Waals surface area (Å²) >= 11 is 6.12. The van der Waals surface area contributed by atoms with Gasteiger partial charge in [0.2, 0.25) is 26.0 Å².